The monoisotopic (exact) mass is 425 g/mol. The average molecular weight is 426 g/mol. The molecule has 0 spiro atoms. The highest BCUT2D eigenvalue weighted by molar-refractivity contribution is 5.94. The molecule has 2 aliphatic rings. The van der Waals surface area contributed by atoms with Crippen LogP contribution in [0.25, 0.3) is 0 Å². The summed E-state index contributed by atoms with van der Waals surface area (Å²) in [5, 5.41) is 2.79. The summed E-state index contributed by atoms with van der Waals surface area (Å²) in [6, 6.07) is 12.8. The highest BCUT2D eigenvalue weighted by atomic mass is 19.1. The van der Waals surface area contributed by atoms with Gasteiger partial charge in [-0.25, -0.2) is 4.39 Å². The van der Waals surface area contributed by atoms with Gasteiger partial charge in [0.1, 0.15) is 5.82 Å². The first-order chi connectivity index (χ1) is 15.1. The number of carbonyl (C=O) groups is 2. The predicted molar refractivity (Wildman–Crippen MR) is 117 cm³/mol. The van der Waals surface area contributed by atoms with Gasteiger partial charge in [0.05, 0.1) is 18.9 Å². The van der Waals surface area contributed by atoms with Crippen molar-refractivity contribution in [3.8, 4) is 0 Å². The van der Waals surface area contributed by atoms with Crippen LogP contribution >= 0.6 is 0 Å². The van der Waals surface area contributed by atoms with E-state index in [1.807, 2.05) is 21.9 Å². The van der Waals surface area contributed by atoms with Crippen LogP contribution in [0.15, 0.2) is 42.5 Å². The molecule has 2 heterocycles. The second-order valence-electron chi connectivity index (χ2n) is 7.96. The zero-order valence-corrected chi connectivity index (χ0v) is 17.6. The van der Waals surface area contributed by atoms with Gasteiger partial charge >= 0.3 is 0 Å². The number of morpholine rings is 1. The zero-order chi connectivity index (χ0) is 21.6. The summed E-state index contributed by atoms with van der Waals surface area (Å²) in [6.45, 7) is 4.18. The van der Waals surface area contributed by atoms with Gasteiger partial charge in [-0.2, -0.15) is 0 Å². The molecule has 0 aliphatic carbocycles. The number of hydrogen-bond donors (Lipinski definition) is 1. The number of halogens is 1. The lowest BCUT2D eigenvalue weighted by Crippen LogP contribution is -2.37. The highest BCUT2D eigenvalue weighted by Crippen LogP contribution is 2.22. The number of fused-ring (bicyclic) bond motifs is 1. The van der Waals surface area contributed by atoms with Gasteiger partial charge in [-0.15, -0.1) is 0 Å². The molecule has 7 heteroatoms. The fourth-order valence-corrected chi connectivity index (χ4v) is 4.12. The Morgan fingerprint density at radius 3 is 2.58 bits per heavy atom. The van der Waals surface area contributed by atoms with E-state index in [0.29, 0.717) is 57.9 Å². The molecular formula is C24H28FN3O3. The Morgan fingerprint density at radius 2 is 1.81 bits per heavy atom. The lowest BCUT2D eigenvalue weighted by Gasteiger charge is -2.29. The van der Waals surface area contributed by atoms with Crippen molar-refractivity contribution in [1.29, 1.82) is 0 Å². The Balaban J connectivity index is 1.22. The average Bonchev–Trinajstić information content (AvgIpc) is 2.81. The second kappa shape index (κ2) is 9.92. The topological polar surface area (TPSA) is 61.9 Å². The molecule has 4 rings (SSSR count). The highest BCUT2D eigenvalue weighted by Gasteiger charge is 2.20. The Morgan fingerprint density at radius 1 is 1.03 bits per heavy atom. The number of carbonyl (C=O) groups excluding carboxylic acids is 2. The molecule has 0 bridgehead atoms. The third kappa shape index (κ3) is 5.22. The number of ether oxygens (including phenoxy) is 1. The maximum absolute atomic E-state index is 14.5. The first-order valence-corrected chi connectivity index (χ1v) is 10.9. The summed E-state index contributed by atoms with van der Waals surface area (Å²) < 4.78 is 19.8. The fraction of sp³-hybridized carbons (Fsp3) is 0.417. The smallest absolute Gasteiger partial charge is 0.251 e. The minimum absolute atomic E-state index is 0.102. The predicted octanol–water partition coefficient (Wildman–Crippen LogP) is 2.76. The van der Waals surface area contributed by atoms with Gasteiger partial charge in [0, 0.05) is 44.7 Å². The lowest BCUT2D eigenvalue weighted by atomic mass is 9.99. The normalized spacial score (nSPS) is 16.0. The largest absolute Gasteiger partial charge is 0.378 e. The molecule has 164 valence electrons. The molecule has 2 aliphatic heterocycles. The van der Waals surface area contributed by atoms with Crippen LogP contribution < -0.4 is 10.2 Å². The SMILES string of the molecule is O=C(NCCCC(=O)N1CCc2ccccc2C1)c1ccc(N2CCOCC2)c(F)c1. The molecule has 0 unspecified atom stereocenters. The van der Waals surface area contributed by atoms with Crippen LogP contribution in [0.1, 0.15) is 34.3 Å². The Kier molecular flexibility index (Phi) is 6.82. The van der Waals surface area contributed by atoms with Gasteiger partial charge in [-0.1, -0.05) is 24.3 Å². The van der Waals surface area contributed by atoms with E-state index in [1.54, 1.807) is 12.1 Å². The summed E-state index contributed by atoms with van der Waals surface area (Å²) in [7, 11) is 0. The first kappa shape index (κ1) is 21.3. The van der Waals surface area contributed by atoms with E-state index in [-0.39, 0.29) is 17.4 Å². The quantitative estimate of drug-likeness (QED) is 0.723. The minimum atomic E-state index is -0.407. The molecule has 2 amide bonds. The van der Waals surface area contributed by atoms with E-state index in [2.05, 4.69) is 17.4 Å². The summed E-state index contributed by atoms with van der Waals surface area (Å²) in [5.74, 6) is -0.633. The van der Waals surface area contributed by atoms with E-state index >= 15 is 0 Å². The summed E-state index contributed by atoms with van der Waals surface area (Å²) in [6.07, 6.45) is 1.81. The third-order valence-electron chi connectivity index (χ3n) is 5.90. The number of nitrogens with zero attached hydrogens (tertiary/aromatic N) is 2. The van der Waals surface area contributed by atoms with Crippen LogP contribution in [-0.4, -0.2) is 56.1 Å². The fourth-order valence-electron chi connectivity index (χ4n) is 4.12. The van der Waals surface area contributed by atoms with Gasteiger partial charge in [-0.3, -0.25) is 9.59 Å². The van der Waals surface area contributed by atoms with Crippen LogP contribution in [-0.2, 0) is 22.5 Å². The molecule has 31 heavy (non-hydrogen) atoms. The molecule has 6 nitrogen and oxygen atoms in total. The van der Waals surface area contributed by atoms with Crippen molar-refractivity contribution in [2.75, 3.05) is 44.3 Å². The van der Waals surface area contributed by atoms with E-state index in [0.717, 1.165) is 13.0 Å². The first-order valence-electron chi connectivity index (χ1n) is 10.9. The maximum Gasteiger partial charge on any atom is 0.251 e. The molecule has 0 atom stereocenters. The molecular weight excluding hydrogens is 397 g/mol. The Labute approximate surface area is 182 Å². The summed E-state index contributed by atoms with van der Waals surface area (Å²) in [4.78, 5) is 28.7. The molecule has 2 aromatic rings. The van der Waals surface area contributed by atoms with Gasteiger partial charge < -0.3 is 19.9 Å². The van der Waals surface area contributed by atoms with Crippen LogP contribution in [0, 0.1) is 5.82 Å². The van der Waals surface area contributed by atoms with Crippen molar-refractivity contribution < 1.29 is 18.7 Å². The van der Waals surface area contributed by atoms with Gasteiger partial charge in [0.2, 0.25) is 5.91 Å². The minimum Gasteiger partial charge on any atom is -0.378 e. The van der Waals surface area contributed by atoms with E-state index < -0.39 is 5.82 Å². The zero-order valence-electron chi connectivity index (χ0n) is 17.6. The van der Waals surface area contributed by atoms with Crippen molar-refractivity contribution >= 4 is 17.5 Å². The molecule has 1 fully saturated rings. The number of anilines is 1. The van der Waals surface area contributed by atoms with Gasteiger partial charge in [0.25, 0.3) is 5.91 Å². The number of benzene rings is 2. The maximum atomic E-state index is 14.5. The van der Waals surface area contributed by atoms with E-state index in [4.69, 9.17) is 4.74 Å². The Bertz CT molecular complexity index is 943. The Hall–Kier alpha value is -2.93. The third-order valence-corrected chi connectivity index (χ3v) is 5.90. The number of rotatable bonds is 6. The summed E-state index contributed by atoms with van der Waals surface area (Å²) >= 11 is 0. The number of hydrogen-bond acceptors (Lipinski definition) is 4. The lowest BCUT2D eigenvalue weighted by molar-refractivity contribution is -0.132. The van der Waals surface area contributed by atoms with Crippen LogP contribution in [0.5, 0.6) is 0 Å². The molecule has 0 saturated carbocycles. The second-order valence-corrected chi connectivity index (χ2v) is 7.96. The van der Waals surface area contributed by atoms with Crippen molar-refractivity contribution in [2.24, 2.45) is 0 Å². The standard InChI is InChI=1S/C24H28FN3O3/c25-21-16-19(7-8-22(21)27-12-14-31-15-13-27)24(30)26-10-3-6-23(29)28-11-9-18-4-1-2-5-20(18)17-28/h1-2,4-5,7-8,16H,3,6,9-15,17H2,(H,26,30). The van der Waals surface area contributed by atoms with E-state index in [1.165, 1.54) is 17.2 Å². The van der Waals surface area contributed by atoms with Crippen molar-refractivity contribution in [2.45, 2.75) is 25.8 Å². The molecule has 1 N–H and O–H groups in total. The van der Waals surface area contributed by atoms with Crippen LogP contribution in [0.3, 0.4) is 0 Å². The van der Waals surface area contributed by atoms with Crippen molar-refractivity contribution in [3.05, 3.63) is 65.0 Å². The molecule has 0 aromatic heterocycles. The molecule has 2 aromatic carbocycles. The molecule has 1 saturated heterocycles. The van der Waals surface area contributed by atoms with Gasteiger partial charge in [-0.05, 0) is 42.2 Å². The summed E-state index contributed by atoms with van der Waals surface area (Å²) in [5.41, 5.74) is 3.30. The van der Waals surface area contributed by atoms with Crippen molar-refractivity contribution in [1.82, 2.24) is 10.2 Å². The number of amides is 2. The van der Waals surface area contributed by atoms with Crippen LogP contribution in [0.4, 0.5) is 10.1 Å². The van der Waals surface area contributed by atoms with Crippen LogP contribution in [0.2, 0.25) is 0 Å². The van der Waals surface area contributed by atoms with Crippen molar-refractivity contribution in [3.63, 3.8) is 0 Å². The van der Waals surface area contributed by atoms with E-state index in [9.17, 15) is 14.0 Å². The van der Waals surface area contributed by atoms with Gasteiger partial charge in [0.15, 0.2) is 0 Å². The molecule has 0 radical (unpaired) electrons. The number of nitrogens with one attached hydrogen (secondary N) is 1.